The molecule has 0 bridgehead atoms. The average molecular weight is 247 g/mol. The van der Waals surface area contributed by atoms with Gasteiger partial charge in [0.2, 0.25) is 0 Å². The topological polar surface area (TPSA) is 6.48 Å². The maximum Gasteiger partial charge on any atom is 0.0901 e. The average Bonchev–Trinajstić information content (AvgIpc) is 2.52. The third-order valence-corrected chi connectivity index (χ3v) is 3.29. The molecule has 1 aliphatic rings. The molecule has 1 aliphatic heterocycles. The highest BCUT2D eigenvalue weighted by Gasteiger charge is 2.15. The molecule has 1 heterocycles. The molecular formula is C10H19BrN2. The summed E-state index contributed by atoms with van der Waals surface area (Å²) < 4.78 is 0. The van der Waals surface area contributed by atoms with E-state index in [4.69, 9.17) is 0 Å². The molecule has 76 valence electrons. The van der Waals surface area contributed by atoms with Gasteiger partial charge in [0, 0.05) is 19.4 Å². The van der Waals surface area contributed by atoms with Gasteiger partial charge in [0.25, 0.3) is 0 Å². The van der Waals surface area contributed by atoms with Gasteiger partial charge in [-0.2, -0.15) is 0 Å². The number of rotatable bonds is 5. The van der Waals surface area contributed by atoms with E-state index >= 15 is 0 Å². The van der Waals surface area contributed by atoms with E-state index in [2.05, 4.69) is 52.1 Å². The molecule has 0 fully saturated rings. The quantitative estimate of drug-likeness (QED) is 0.418. The van der Waals surface area contributed by atoms with Crippen molar-refractivity contribution in [1.29, 1.82) is 0 Å². The second-order valence-corrected chi connectivity index (χ2v) is 4.70. The molecule has 1 unspecified atom stereocenters. The van der Waals surface area contributed by atoms with E-state index in [1.54, 1.807) is 0 Å². The van der Waals surface area contributed by atoms with E-state index in [-0.39, 0.29) is 0 Å². The first-order valence-corrected chi connectivity index (χ1v) is 5.94. The monoisotopic (exact) mass is 246 g/mol. The highest BCUT2D eigenvalue weighted by molar-refractivity contribution is 9.09. The van der Waals surface area contributed by atoms with Crippen LogP contribution in [-0.4, -0.2) is 28.5 Å². The Hall–Kier alpha value is -0.180. The van der Waals surface area contributed by atoms with Crippen molar-refractivity contribution in [3.63, 3.8) is 0 Å². The van der Waals surface area contributed by atoms with Crippen LogP contribution in [0.3, 0.4) is 0 Å². The Morgan fingerprint density at radius 2 is 2.15 bits per heavy atom. The van der Waals surface area contributed by atoms with E-state index in [1.165, 1.54) is 25.7 Å². The first kappa shape index (κ1) is 10.9. The highest BCUT2D eigenvalue weighted by Crippen LogP contribution is 2.19. The summed E-state index contributed by atoms with van der Waals surface area (Å²) in [6.07, 6.45) is 9.48. The van der Waals surface area contributed by atoms with Crippen LogP contribution in [0, 0.1) is 0 Å². The molecule has 0 aromatic rings. The van der Waals surface area contributed by atoms with Crippen molar-refractivity contribution in [2.75, 3.05) is 13.7 Å². The minimum absolute atomic E-state index is 0.514. The standard InChI is InChI=1S/C10H19BrN2/c1-3-4-5-6-10(11)13-8-7-12(2)9-13/h7-8,10H,3-6,9H2,1-2H3. The van der Waals surface area contributed by atoms with Crippen molar-refractivity contribution in [2.24, 2.45) is 0 Å². The molecule has 0 amide bonds. The van der Waals surface area contributed by atoms with E-state index < -0.39 is 0 Å². The molecule has 1 atom stereocenters. The van der Waals surface area contributed by atoms with Gasteiger partial charge < -0.3 is 9.80 Å². The Morgan fingerprint density at radius 1 is 1.38 bits per heavy atom. The Bertz CT molecular complexity index is 170. The van der Waals surface area contributed by atoms with Crippen LogP contribution in [0.4, 0.5) is 0 Å². The fraction of sp³-hybridized carbons (Fsp3) is 0.800. The number of nitrogens with zero attached hydrogens (tertiary/aromatic N) is 2. The Labute approximate surface area is 89.7 Å². The zero-order valence-electron chi connectivity index (χ0n) is 8.54. The minimum Gasteiger partial charge on any atom is -0.362 e. The summed E-state index contributed by atoms with van der Waals surface area (Å²) in [6, 6.07) is 0. The number of hydrogen-bond acceptors (Lipinski definition) is 2. The number of unbranched alkanes of at least 4 members (excludes halogenated alkanes) is 2. The molecule has 0 aliphatic carbocycles. The predicted molar refractivity (Wildman–Crippen MR) is 60.5 cm³/mol. The zero-order chi connectivity index (χ0) is 9.68. The van der Waals surface area contributed by atoms with Crippen molar-refractivity contribution >= 4 is 15.9 Å². The van der Waals surface area contributed by atoms with Crippen LogP contribution in [-0.2, 0) is 0 Å². The second-order valence-electron chi connectivity index (χ2n) is 3.64. The smallest absolute Gasteiger partial charge is 0.0901 e. The normalized spacial score (nSPS) is 18.4. The van der Waals surface area contributed by atoms with Crippen LogP contribution in [0.5, 0.6) is 0 Å². The minimum atomic E-state index is 0.514. The van der Waals surface area contributed by atoms with E-state index in [0.717, 1.165) is 6.67 Å². The molecule has 0 aromatic carbocycles. The van der Waals surface area contributed by atoms with Crippen molar-refractivity contribution < 1.29 is 0 Å². The largest absolute Gasteiger partial charge is 0.362 e. The van der Waals surface area contributed by atoms with Gasteiger partial charge in [-0.05, 0) is 6.42 Å². The SMILES string of the molecule is CCCCCC(Br)N1C=CN(C)C1. The zero-order valence-corrected chi connectivity index (χ0v) is 10.1. The third-order valence-electron chi connectivity index (χ3n) is 2.30. The van der Waals surface area contributed by atoms with Crippen LogP contribution in [0.25, 0.3) is 0 Å². The third kappa shape index (κ3) is 3.59. The summed E-state index contributed by atoms with van der Waals surface area (Å²) in [6.45, 7) is 3.26. The van der Waals surface area contributed by atoms with Gasteiger partial charge in [-0.1, -0.05) is 42.1 Å². The van der Waals surface area contributed by atoms with E-state index in [1.807, 2.05) is 0 Å². The van der Waals surface area contributed by atoms with Gasteiger partial charge in [-0.25, -0.2) is 0 Å². The molecule has 0 spiro atoms. The van der Waals surface area contributed by atoms with Crippen molar-refractivity contribution in [3.8, 4) is 0 Å². The lowest BCUT2D eigenvalue weighted by molar-refractivity contribution is 0.276. The summed E-state index contributed by atoms with van der Waals surface area (Å²) in [5.74, 6) is 0. The molecule has 0 saturated carbocycles. The maximum atomic E-state index is 3.71. The number of hydrogen-bond donors (Lipinski definition) is 0. The molecular weight excluding hydrogens is 228 g/mol. The summed E-state index contributed by atoms with van der Waals surface area (Å²) in [4.78, 5) is 5.03. The van der Waals surface area contributed by atoms with Gasteiger partial charge in [0.15, 0.2) is 0 Å². The summed E-state index contributed by atoms with van der Waals surface area (Å²) >= 11 is 3.71. The molecule has 0 N–H and O–H groups in total. The molecule has 1 rings (SSSR count). The number of halogens is 1. The molecule has 2 nitrogen and oxygen atoms in total. The molecule has 0 aromatic heterocycles. The summed E-state index contributed by atoms with van der Waals surface area (Å²) in [5.41, 5.74) is 0. The summed E-state index contributed by atoms with van der Waals surface area (Å²) in [7, 11) is 2.10. The second kappa shape index (κ2) is 5.53. The van der Waals surface area contributed by atoms with Crippen LogP contribution < -0.4 is 0 Å². The van der Waals surface area contributed by atoms with Gasteiger partial charge in [0.1, 0.15) is 0 Å². The molecule has 13 heavy (non-hydrogen) atoms. The fourth-order valence-electron chi connectivity index (χ4n) is 1.46. The van der Waals surface area contributed by atoms with Gasteiger partial charge in [0.05, 0.1) is 11.6 Å². The fourth-order valence-corrected chi connectivity index (χ4v) is 2.05. The first-order chi connectivity index (χ1) is 6.24. The van der Waals surface area contributed by atoms with Crippen LogP contribution in [0.2, 0.25) is 0 Å². The molecule has 0 radical (unpaired) electrons. The van der Waals surface area contributed by atoms with Crippen molar-refractivity contribution in [1.82, 2.24) is 9.80 Å². The van der Waals surface area contributed by atoms with Crippen LogP contribution in [0.15, 0.2) is 12.4 Å². The van der Waals surface area contributed by atoms with Crippen molar-refractivity contribution in [2.45, 2.75) is 37.6 Å². The van der Waals surface area contributed by atoms with Crippen LogP contribution in [0.1, 0.15) is 32.6 Å². The first-order valence-electron chi connectivity index (χ1n) is 5.02. The Morgan fingerprint density at radius 3 is 2.69 bits per heavy atom. The van der Waals surface area contributed by atoms with E-state index in [0.29, 0.717) is 4.95 Å². The number of alkyl halides is 1. The van der Waals surface area contributed by atoms with Crippen molar-refractivity contribution in [3.05, 3.63) is 12.4 Å². The lowest BCUT2D eigenvalue weighted by Crippen LogP contribution is -2.28. The lowest BCUT2D eigenvalue weighted by atomic mass is 10.2. The van der Waals surface area contributed by atoms with Gasteiger partial charge in [-0.3, -0.25) is 0 Å². The van der Waals surface area contributed by atoms with Gasteiger partial charge >= 0.3 is 0 Å². The van der Waals surface area contributed by atoms with Crippen LogP contribution >= 0.6 is 15.9 Å². The van der Waals surface area contributed by atoms with E-state index in [9.17, 15) is 0 Å². The predicted octanol–water partition coefficient (Wildman–Crippen LogP) is 2.96. The Balaban J connectivity index is 2.16. The Kier molecular flexibility index (Phi) is 4.64. The molecule has 3 heteroatoms. The maximum absolute atomic E-state index is 3.71. The lowest BCUT2D eigenvalue weighted by Gasteiger charge is -2.23. The molecule has 0 saturated heterocycles. The highest BCUT2D eigenvalue weighted by atomic mass is 79.9. The summed E-state index contributed by atoms with van der Waals surface area (Å²) in [5, 5.41) is 0. The van der Waals surface area contributed by atoms with Gasteiger partial charge in [-0.15, -0.1) is 0 Å².